The van der Waals surface area contributed by atoms with Crippen molar-refractivity contribution < 1.29 is 9.59 Å². The van der Waals surface area contributed by atoms with E-state index in [1.54, 1.807) is 30.1 Å². The molecular formula is C26H26N4O2S. The van der Waals surface area contributed by atoms with Gasteiger partial charge in [-0.3, -0.25) is 9.59 Å². The number of anilines is 1. The lowest BCUT2D eigenvalue weighted by molar-refractivity contribution is -0.128. The van der Waals surface area contributed by atoms with Crippen LogP contribution in [0.1, 0.15) is 32.4 Å². The molecule has 1 aliphatic rings. The van der Waals surface area contributed by atoms with Crippen molar-refractivity contribution in [2.75, 3.05) is 24.7 Å². The minimum atomic E-state index is -0.279. The molecule has 0 saturated carbocycles. The third kappa shape index (κ3) is 5.62. The van der Waals surface area contributed by atoms with E-state index in [-0.39, 0.29) is 17.2 Å². The van der Waals surface area contributed by atoms with Crippen molar-refractivity contribution in [2.45, 2.75) is 11.9 Å². The van der Waals surface area contributed by atoms with Gasteiger partial charge in [-0.25, -0.2) is 5.43 Å². The van der Waals surface area contributed by atoms with Gasteiger partial charge in [-0.15, -0.1) is 11.8 Å². The fourth-order valence-corrected chi connectivity index (χ4v) is 4.76. The van der Waals surface area contributed by atoms with Crippen molar-refractivity contribution in [3.63, 3.8) is 0 Å². The molecule has 0 bridgehead atoms. The summed E-state index contributed by atoms with van der Waals surface area (Å²) in [5.74, 6) is 0.312. The van der Waals surface area contributed by atoms with Crippen LogP contribution in [-0.2, 0) is 11.3 Å². The summed E-state index contributed by atoms with van der Waals surface area (Å²) in [6.45, 7) is 0.573. The van der Waals surface area contributed by atoms with Crippen LogP contribution >= 0.6 is 11.8 Å². The standard InChI is InChI=1S/C26H26N4O2S/c1-29(2)23-14-8-19(9-15-23)16-27-28-25(32)21-10-12-22(13-11-21)26-30(24(31)18-33-26)17-20-6-4-3-5-7-20/h3-16,26H,17-18H2,1-2H3,(H,28,32)/b27-16-/t26-/m1/s1. The van der Waals surface area contributed by atoms with E-state index in [0.717, 1.165) is 22.4 Å². The molecule has 1 heterocycles. The number of amides is 2. The Labute approximate surface area is 198 Å². The van der Waals surface area contributed by atoms with E-state index in [2.05, 4.69) is 10.5 Å². The molecule has 3 aromatic carbocycles. The summed E-state index contributed by atoms with van der Waals surface area (Å²) in [6.07, 6.45) is 1.62. The number of nitrogens with zero attached hydrogens (tertiary/aromatic N) is 3. The molecule has 2 amide bonds. The van der Waals surface area contributed by atoms with Gasteiger partial charge in [0.25, 0.3) is 5.91 Å². The quantitative estimate of drug-likeness (QED) is 0.424. The van der Waals surface area contributed by atoms with E-state index in [1.165, 1.54) is 0 Å². The van der Waals surface area contributed by atoms with Crippen LogP contribution in [0.3, 0.4) is 0 Å². The molecule has 0 radical (unpaired) electrons. The second kappa shape index (κ2) is 10.4. The maximum atomic E-state index is 12.5. The van der Waals surface area contributed by atoms with Crippen LogP contribution in [0.4, 0.5) is 5.69 Å². The first-order chi connectivity index (χ1) is 16.0. The van der Waals surface area contributed by atoms with Gasteiger partial charge in [-0.05, 0) is 41.0 Å². The summed E-state index contributed by atoms with van der Waals surface area (Å²) in [6, 6.07) is 25.2. The van der Waals surface area contributed by atoms with Crippen LogP contribution in [0.15, 0.2) is 84.0 Å². The molecule has 6 nitrogen and oxygen atoms in total. The lowest BCUT2D eigenvalue weighted by atomic mass is 10.1. The second-order valence-electron chi connectivity index (χ2n) is 7.98. The number of hydrazone groups is 1. The topological polar surface area (TPSA) is 65.0 Å². The Hall–Kier alpha value is -3.58. The lowest BCUT2D eigenvalue weighted by Gasteiger charge is -2.24. The summed E-state index contributed by atoms with van der Waals surface area (Å²) in [5.41, 5.74) is 7.19. The minimum absolute atomic E-state index is 0.0574. The highest BCUT2D eigenvalue weighted by atomic mass is 32.2. The minimum Gasteiger partial charge on any atom is -0.378 e. The molecule has 168 valence electrons. The first kappa shape index (κ1) is 22.6. The largest absolute Gasteiger partial charge is 0.378 e. The molecule has 4 rings (SSSR count). The number of hydrogen-bond acceptors (Lipinski definition) is 5. The van der Waals surface area contributed by atoms with Crippen molar-refractivity contribution >= 4 is 35.5 Å². The monoisotopic (exact) mass is 458 g/mol. The predicted octanol–water partition coefficient (Wildman–Crippen LogP) is 4.29. The molecule has 33 heavy (non-hydrogen) atoms. The van der Waals surface area contributed by atoms with E-state index in [1.807, 2.05) is 90.6 Å². The molecule has 0 aliphatic carbocycles. The summed E-state index contributed by atoms with van der Waals surface area (Å²) in [4.78, 5) is 28.8. The normalized spacial score (nSPS) is 15.8. The Morgan fingerprint density at radius 1 is 1.06 bits per heavy atom. The number of nitrogens with one attached hydrogen (secondary N) is 1. The molecule has 3 aromatic rings. The zero-order chi connectivity index (χ0) is 23.2. The molecule has 7 heteroatoms. The van der Waals surface area contributed by atoms with Crippen LogP contribution in [0.2, 0.25) is 0 Å². The average molecular weight is 459 g/mol. The maximum absolute atomic E-state index is 12.5. The third-order valence-electron chi connectivity index (χ3n) is 5.41. The van der Waals surface area contributed by atoms with Gasteiger partial charge in [0.2, 0.25) is 5.91 Å². The van der Waals surface area contributed by atoms with Gasteiger partial charge in [0.05, 0.1) is 12.0 Å². The Balaban J connectivity index is 1.38. The molecule has 1 saturated heterocycles. The van der Waals surface area contributed by atoms with Crippen molar-refractivity contribution in [3.8, 4) is 0 Å². The smallest absolute Gasteiger partial charge is 0.271 e. The van der Waals surface area contributed by atoms with Gasteiger partial charge < -0.3 is 9.80 Å². The number of thioether (sulfide) groups is 1. The number of carbonyl (C=O) groups excluding carboxylic acids is 2. The molecule has 1 fully saturated rings. The zero-order valence-electron chi connectivity index (χ0n) is 18.6. The van der Waals surface area contributed by atoms with E-state index in [0.29, 0.717) is 17.9 Å². The van der Waals surface area contributed by atoms with Crippen molar-refractivity contribution in [3.05, 3.63) is 101 Å². The first-order valence-corrected chi connectivity index (χ1v) is 11.7. The predicted molar refractivity (Wildman–Crippen MR) is 134 cm³/mol. The molecule has 0 unspecified atom stereocenters. The van der Waals surface area contributed by atoms with Gasteiger partial charge in [-0.2, -0.15) is 5.10 Å². The zero-order valence-corrected chi connectivity index (χ0v) is 19.5. The fraction of sp³-hybridized carbons (Fsp3) is 0.192. The highest BCUT2D eigenvalue weighted by Gasteiger charge is 2.32. The SMILES string of the molecule is CN(C)c1ccc(/C=N\NC(=O)c2ccc([C@H]3SCC(=O)N3Cc3ccccc3)cc2)cc1. The Morgan fingerprint density at radius 2 is 1.76 bits per heavy atom. The summed E-state index contributed by atoms with van der Waals surface area (Å²) >= 11 is 1.61. The molecular weight excluding hydrogens is 432 g/mol. The van der Waals surface area contributed by atoms with E-state index >= 15 is 0 Å². The first-order valence-electron chi connectivity index (χ1n) is 10.7. The van der Waals surface area contributed by atoms with E-state index < -0.39 is 0 Å². The molecule has 1 N–H and O–H groups in total. The summed E-state index contributed by atoms with van der Waals surface area (Å²) in [7, 11) is 3.97. The number of carbonyl (C=O) groups is 2. The van der Waals surface area contributed by atoms with Gasteiger partial charge in [-0.1, -0.05) is 54.6 Å². The highest BCUT2D eigenvalue weighted by Crippen LogP contribution is 2.39. The van der Waals surface area contributed by atoms with Crippen LogP contribution < -0.4 is 10.3 Å². The number of hydrogen-bond donors (Lipinski definition) is 1. The Kier molecular flexibility index (Phi) is 7.10. The molecule has 0 spiro atoms. The highest BCUT2D eigenvalue weighted by molar-refractivity contribution is 8.00. The van der Waals surface area contributed by atoms with Crippen molar-refractivity contribution in [1.82, 2.24) is 10.3 Å². The molecule has 1 aliphatic heterocycles. The van der Waals surface area contributed by atoms with Gasteiger partial charge in [0.1, 0.15) is 5.37 Å². The lowest BCUT2D eigenvalue weighted by Crippen LogP contribution is -2.27. The molecule has 0 aromatic heterocycles. The maximum Gasteiger partial charge on any atom is 0.271 e. The second-order valence-corrected chi connectivity index (χ2v) is 9.05. The van der Waals surface area contributed by atoms with Crippen molar-refractivity contribution in [1.29, 1.82) is 0 Å². The van der Waals surface area contributed by atoms with Crippen LogP contribution in [-0.4, -0.2) is 42.8 Å². The molecule has 1 atom stereocenters. The Morgan fingerprint density at radius 3 is 2.42 bits per heavy atom. The fourth-order valence-electron chi connectivity index (χ4n) is 3.57. The third-order valence-corrected chi connectivity index (χ3v) is 6.67. The van der Waals surface area contributed by atoms with Gasteiger partial charge in [0.15, 0.2) is 0 Å². The summed E-state index contributed by atoms with van der Waals surface area (Å²) in [5, 5.41) is 4.01. The Bertz CT molecular complexity index is 1130. The van der Waals surface area contributed by atoms with Gasteiger partial charge in [0, 0.05) is 31.9 Å². The van der Waals surface area contributed by atoms with E-state index in [9.17, 15) is 9.59 Å². The number of rotatable bonds is 7. The van der Waals surface area contributed by atoms with Crippen LogP contribution in [0.25, 0.3) is 0 Å². The average Bonchev–Trinajstić information content (AvgIpc) is 3.20. The van der Waals surface area contributed by atoms with Crippen LogP contribution in [0, 0.1) is 0 Å². The van der Waals surface area contributed by atoms with E-state index in [4.69, 9.17) is 0 Å². The number of benzene rings is 3. The van der Waals surface area contributed by atoms with Crippen molar-refractivity contribution in [2.24, 2.45) is 5.10 Å². The van der Waals surface area contributed by atoms with Crippen LogP contribution in [0.5, 0.6) is 0 Å². The summed E-state index contributed by atoms with van der Waals surface area (Å²) < 4.78 is 0. The van der Waals surface area contributed by atoms with Gasteiger partial charge >= 0.3 is 0 Å².